The van der Waals surface area contributed by atoms with Gasteiger partial charge < -0.3 is 10.4 Å². The summed E-state index contributed by atoms with van der Waals surface area (Å²) in [6.45, 7) is 3.88. The van der Waals surface area contributed by atoms with Crippen molar-refractivity contribution in [3.63, 3.8) is 0 Å². The molecule has 0 radical (unpaired) electrons. The molecule has 132 valence electrons. The van der Waals surface area contributed by atoms with Gasteiger partial charge in [-0.15, -0.1) is 0 Å². The van der Waals surface area contributed by atoms with Crippen LogP contribution in [-0.4, -0.2) is 21.7 Å². The fourth-order valence-electron chi connectivity index (χ4n) is 2.97. The number of nitrogens with one attached hydrogen (secondary N) is 1. The van der Waals surface area contributed by atoms with E-state index in [-0.39, 0.29) is 5.39 Å². The van der Waals surface area contributed by atoms with Crippen molar-refractivity contribution in [1.29, 1.82) is 0 Å². The number of amides is 1. The standard InChI is InChI=1S/C20H18N2O4/c1-3-13-8-6-7-12(2)17(13)21-20(26)22-11-15(19(24)25)18(23)14-9-4-5-10-16(14)22/h4-11H,3H2,1-2H3,(H,21,26)(H,24,25). The van der Waals surface area contributed by atoms with E-state index in [1.807, 2.05) is 32.0 Å². The summed E-state index contributed by atoms with van der Waals surface area (Å²) in [6, 6.07) is 11.7. The molecule has 0 aliphatic rings. The van der Waals surface area contributed by atoms with Crippen LogP contribution in [-0.2, 0) is 6.42 Å². The van der Waals surface area contributed by atoms with E-state index in [2.05, 4.69) is 5.32 Å². The minimum Gasteiger partial charge on any atom is -0.477 e. The van der Waals surface area contributed by atoms with Crippen LogP contribution in [0.1, 0.15) is 28.4 Å². The number of pyridine rings is 1. The van der Waals surface area contributed by atoms with E-state index in [9.17, 15) is 19.5 Å². The highest BCUT2D eigenvalue weighted by atomic mass is 16.4. The van der Waals surface area contributed by atoms with Crippen molar-refractivity contribution < 1.29 is 14.7 Å². The Bertz CT molecular complexity index is 1080. The molecule has 0 aliphatic carbocycles. The molecule has 6 heteroatoms. The Balaban J connectivity index is 2.17. The fraction of sp³-hybridized carbons (Fsp3) is 0.150. The Morgan fingerprint density at radius 2 is 1.85 bits per heavy atom. The zero-order chi connectivity index (χ0) is 18.8. The van der Waals surface area contributed by atoms with Crippen LogP contribution in [0, 0.1) is 6.92 Å². The first kappa shape index (κ1) is 17.4. The summed E-state index contributed by atoms with van der Waals surface area (Å²) in [6.07, 6.45) is 1.81. The summed E-state index contributed by atoms with van der Waals surface area (Å²) in [5, 5.41) is 12.3. The minimum absolute atomic E-state index is 0.183. The maximum atomic E-state index is 12.9. The molecule has 0 bridgehead atoms. The van der Waals surface area contributed by atoms with Crippen molar-refractivity contribution in [2.75, 3.05) is 5.32 Å². The van der Waals surface area contributed by atoms with Gasteiger partial charge in [0.25, 0.3) is 0 Å². The van der Waals surface area contributed by atoms with Gasteiger partial charge in [0.05, 0.1) is 5.52 Å². The molecule has 0 fully saturated rings. The Morgan fingerprint density at radius 3 is 2.54 bits per heavy atom. The molecule has 3 rings (SSSR count). The molecule has 26 heavy (non-hydrogen) atoms. The van der Waals surface area contributed by atoms with Crippen molar-refractivity contribution in [2.45, 2.75) is 20.3 Å². The maximum Gasteiger partial charge on any atom is 0.341 e. The van der Waals surface area contributed by atoms with Crippen LogP contribution >= 0.6 is 0 Å². The highest BCUT2D eigenvalue weighted by Crippen LogP contribution is 2.22. The number of benzene rings is 2. The predicted octanol–water partition coefficient (Wildman–Crippen LogP) is 3.65. The summed E-state index contributed by atoms with van der Waals surface area (Å²) in [4.78, 5) is 36.6. The van der Waals surface area contributed by atoms with Crippen LogP contribution in [0.3, 0.4) is 0 Å². The molecule has 0 spiro atoms. The van der Waals surface area contributed by atoms with Gasteiger partial charge in [-0.25, -0.2) is 9.59 Å². The van der Waals surface area contributed by atoms with Crippen LogP contribution in [0.2, 0.25) is 0 Å². The van der Waals surface area contributed by atoms with Gasteiger partial charge in [0.15, 0.2) is 0 Å². The zero-order valence-electron chi connectivity index (χ0n) is 14.4. The number of aromatic carboxylic acids is 1. The lowest BCUT2D eigenvalue weighted by Crippen LogP contribution is -2.26. The van der Waals surface area contributed by atoms with Gasteiger partial charge in [0.1, 0.15) is 5.56 Å². The number of para-hydroxylation sites is 2. The zero-order valence-corrected chi connectivity index (χ0v) is 14.4. The first-order valence-electron chi connectivity index (χ1n) is 8.21. The van der Waals surface area contributed by atoms with Gasteiger partial charge in [0.2, 0.25) is 5.43 Å². The van der Waals surface area contributed by atoms with Crippen molar-refractivity contribution in [2.24, 2.45) is 0 Å². The van der Waals surface area contributed by atoms with Gasteiger partial charge in [0, 0.05) is 17.3 Å². The number of carboxylic acid groups (broad SMARTS) is 1. The normalized spacial score (nSPS) is 10.7. The average molecular weight is 350 g/mol. The largest absolute Gasteiger partial charge is 0.477 e. The van der Waals surface area contributed by atoms with E-state index in [0.717, 1.165) is 23.7 Å². The Kier molecular flexibility index (Phi) is 4.58. The van der Waals surface area contributed by atoms with Gasteiger partial charge in [-0.1, -0.05) is 37.3 Å². The van der Waals surface area contributed by atoms with Crippen LogP contribution in [0.25, 0.3) is 10.9 Å². The Morgan fingerprint density at radius 1 is 1.12 bits per heavy atom. The van der Waals surface area contributed by atoms with E-state index in [4.69, 9.17) is 0 Å². The minimum atomic E-state index is -1.37. The van der Waals surface area contributed by atoms with E-state index in [1.54, 1.807) is 18.2 Å². The lowest BCUT2D eigenvalue weighted by Gasteiger charge is -2.16. The molecule has 1 aromatic heterocycles. The molecular weight excluding hydrogens is 332 g/mol. The molecule has 0 atom stereocenters. The molecule has 0 saturated heterocycles. The molecule has 0 aliphatic heterocycles. The third-order valence-corrected chi connectivity index (χ3v) is 4.33. The third kappa shape index (κ3) is 2.97. The molecule has 0 unspecified atom stereocenters. The third-order valence-electron chi connectivity index (χ3n) is 4.33. The topological polar surface area (TPSA) is 88.4 Å². The number of anilines is 1. The highest BCUT2D eigenvalue weighted by Gasteiger charge is 2.18. The van der Waals surface area contributed by atoms with Gasteiger partial charge >= 0.3 is 12.0 Å². The van der Waals surface area contributed by atoms with E-state index >= 15 is 0 Å². The van der Waals surface area contributed by atoms with Crippen LogP contribution < -0.4 is 10.7 Å². The number of carboxylic acids is 1. The first-order chi connectivity index (χ1) is 12.4. The molecule has 2 N–H and O–H groups in total. The summed E-state index contributed by atoms with van der Waals surface area (Å²) in [5.41, 5.74) is 1.87. The summed E-state index contributed by atoms with van der Waals surface area (Å²) >= 11 is 0. The number of hydrogen-bond acceptors (Lipinski definition) is 3. The number of carbonyl (C=O) groups is 2. The summed E-state index contributed by atoms with van der Waals surface area (Å²) < 4.78 is 1.17. The molecule has 1 heterocycles. The smallest absolute Gasteiger partial charge is 0.341 e. The molecule has 0 saturated carbocycles. The van der Waals surface area contributed by atoms with Gasteiger partial charge in [-0.2, -0.15) is 0 Å². The predicted molar refractivity (Wildman–Crippen MR) is 100 cm³/mol. The van der Waals surface area contributed by atoms with Crippen LogP contribution in [0.4, 0.5) is 10.5 Å². The first-order valence-corrected chi connectivity index (χ1v) is 8.21. The summed E-state index contributed by atoms with van der Waals surface area (Å²) in [7, 11) is 0. The van der Waals surface area contributed by atoms with Crippen LogP contribution in [0.5, 0.6) is 0 Å². The Labute approximate surface area is 149 Å². The molecule has 2 aromatic carbocycles. The van der Waals surface area contributed by atoms with E-state index < -0.39 is 23.0 Å². The lowest BCUT2D eigenvalue weighted by molar-refractivity contribution is 0.0695. The molecule has 1 amide bonds. The van der Waals surface area contributed by atoms with Gasteiger partial charge in [-0.05, 0) is 36.6 Å². The van der Waals surface area contributed by atoms with Crippen molar-refractivity contribution in [3.05, 3.63) is 75.6 Å². The second kappa shape index (κ2) is 6.84. The highest BCUT2D eigenvalue weighted by molar-refractivity contribution is 6.01. The van der Waals surface area contributed by atoms with E-state index in [0.29, 0.717) is 11.2 Å². The van der Waals surface area contributed by atoms with Crippen molar-refractivity contribution >= 4 is 28.6 Å². The fourth-order valence-corrected chi connectivity index (χ4v) is 2.97. The quantitative estimate of drug-likeness (QED) is 0.755. The SMILES string of the molecule is CCc1cccc(C)c1NC(=O)n1cc(C(=O)O)c(=O)c2ccccc21. The molecular formula is C20H18N2O4. The number of hydrogen-bond donors (Lipinski definition) is 2. The number of nitrogens with zero attached hydrogens (tertiary/aromatic N) is 1. The van der Waals surface area contributed by atoms with Crippen molar-refractivity contribution in [1.82, 2.24) is 4.57 Å². The number of rotatable bonds is 3. The molecule has 3 aromatic rings. The number of carbonyl (C=O) groups excluding carboxylic acids is 1. The lowest BCUT2D eigenvalue weighted by atomic mass is 10.1. The van der Waals surface area contributed by atoms with Gasteiger partial charge in [-0.3, -0.25) is 9.36 Å². The maximum absolute atomic E-state index is 12.9. The Hall–Kier alpha value is -3.41. The molecule has 6 nitrogen and oxygen atoms in total. The van der Waals surface area contributed by atoms with E-state index in [1.165, 1.54) is 10.6 Å². The van der Waals surface area contributed by atoms with Crippen molar-refractivity contribution in [3.8, 4) is 0 Å². The number of aryl methyl sites for hydroxylation is 2. The number of aromatic nitrogens is 1. The second-order valence-electron chi connectivity index (χ2n) is 5.96. The second-order valence-corrected chi connectivity index (χ2v) is 5.96. The number of fused-ring (bicyclic) bond motifs is 1. The summed E-state index contributed by atoms with van der Waals surface area (Å²) in [5.74, 6) is -1.37. The van der Waals surface area contributed by atoms with Crippen LogP contribution in [0.15, 0.2) is 53.5 Å². The monoisotopic (exact) mass is 350 g/mol. The average Bonchev–Trinajstić information content (AvgIpc) is 2.63.